The molecule has 2 aromatic carbocycles. The summed E-state index contributed by atoms with van der Waals surface area (Å²) in [6.07, 6.45) is 2.35. The van der Waals surface area contributed by atoms with Crippen LogP contribution in [-0.4, -0.2) is 38.2 Å². The third kappa shape index (κ3) is 5.18. The minimum Gasteiger partial charge on any atom is -0.452 e. The minimum absolute atomic E-state index is 0.175. The second-order valence-electron chi connectivity index (χ2n) is 6.24. The molecule has 0 spiro atoms. The number of carbonyl (C=O) groups excluding carboxylic acids is 2. The fourth-order valence-electron chi connectivity index (χ4n) is 2.97. The number of hydrogen-bond acceptors (Lipinski definition) is 5. The number of alkyl halides is 2. The molecule has 1 heterocycles. The number of hydrogen-bond donors (Lipinski definition) is 1. The number of amides is 1. The van der Waals surface area contributed by atoms with Crippen LogP contribution in [0.1, 0.15) is 23.2 Å². The van der Waals surface area contributed by atoms with Crippen molar-refractivity contribution in [1.82, 2.24) is 0 Å². The van der Waals surface area contributed by atoms with Crippen LogP contribution in [0.4, 0.5) is 20.2 Å². The van der Waals surface area contributed by atoms with E-state index in [1.54, 1.807) is 12.1 Å². The van der Waals surface area contributed by atoms with Crippen LogP contribution in [0.2, 0.25) is 0 Å². The van der Waals surface area contributed by atoms with E-state index in [2.05, 4.69) is 15.0 Å². The fraction of sp³-hybridized carbons (Fsp3) is 0.300. The lowest BCUT2D eigenvalue weighted by Crippen LogP contribution is -2.21. The summed E-state index contributed by atoms with van der Waals surface area (Å²) in [6.45, 7) is -1.56. The highest BCUT2D eigenvalue weighted by Crippen LogP contribution is 2.23. The van der Waals surface area contributed by atoms with Crippen molar-refractivity contribution in [3.63, 3.8) is 0 Å². The van der Waals surface area contributed by atoms with E-state index in [4.69, 9.17) is 4.74 Å². The van der Waals surface area contributed by atoms with Gasteiger partial charge in [0, 0.05) is 24.5 Å². The van der Waals surface area contributed by atoms with Crippen LogP contribution in [0.5, 0.6) is 5.75 Å². The number of carbonyl (C=O) groups is 2. The summed E-state index contributed by atoms with van der Waals surface area (Å²) in [5, 5.41) is 2.63. The Bertz CT molecular complexity index is 821. The van der Waals surface area contributed by atoms with E-state index in [0.717, 1.165) is 18.8 Å². The molecule has 3 rings (SSSR count). The monoisotopic (exact) mass is 390 g/mol. The van der Waals surface area contributed by atoms with Gasteiger partial charge in [-0.25, -0.2) is 4.79 Å². The third-order valence-corrected chi connectivity index (χ3v) is 4.28. The highest BCUT2D eigenvalue weighted by Gasteiger charge is 2.18. The van der Waals surface area contributed by atoms with Gasteiger partial charge in [0.05, 0.1) is 0 Å². The summed E-state index contributed by atoms with van der Waals surface area (Å²) in [5.74, 6) is -1.76. The van der Waals surface area contributed by atoms with Crippen LogP contribution in [0.15, 0.2) is 48.5 Å². The van der Waals surface area contributed by atoms with E-state index in [9.17, 15) is 18.4 Å². The molecule has 1 fully saturated rings. The van der Waals surface area contributed by atoms with Gasteiger partial charge in [-0.05, 0) is 49.2 Å². The van der Waals surface area contributed by atoms with Gasteiger partial charge in [0.1, 0.15) is 11.3 Å². The maximum Gasteiger partial charge on any atom is 0.387 e. The average molecular weight is 390 g/mol. The topological polar surface area (TPSA) is 67.9 Å². The molecule has 0 aliphatic carbocycles. The number of para-hydroxylation sites is 1. The van der Waals surface area contributed by atoms with E-state index in [1.165, 1.54) is 37.1 Å². The molecule has 2 aromatic rings. The van der Waals surface area contributed by atoms with Crippen molar-refractivity contribution in [2.75, 3.05) is 29.9 Å². The zero-order valence-corrected chi connectivity index (χ0v) is 15.1. The Morgan fingerprint density at radius 1 is 1.04 bits per heavy atom. The first-order chi connectivity index (χ1) is 13.5. The number of rotatable bonds is 7. The van der Waals surface area contributed by atoms with Gasteiger partial charge in [0.25, 0.3) is 5.91 Å². The van der Waals surface area contributed by atoms with Gasteiger partial charge < -0.3 is 19.7 Å². The molecule has 0 aromatic heterocycles. The summed E-state index contributed by atoms with van der Waals surface area (Å²) >= 11 is 0. The maximum absolute atomic E-state index is 12.4. The molecule has 1 aliphatic heterocycles. The first-order valence-electron chi connectivity index (χ1n) is 8.89. The number of anilines is 2. The lowest BCUT2D eigenvalue weighted by Gasteiger charge is -2.17. The first-order valence-corrected chi connectivity index (χ1v) is 8.89. The Morgan fingerprint density at radius 2 is 1.71 bits per heavy atom. The zero-order valence-electron chi connectivity index (χ0n) is 15.1. The van der Waals surface area contributed by atoms with E-state index < -0.39 is 25.1 Å². The van der Waals surface area contributed by atoms with Gasteiger partial charge >= 0.3 is 12.6 Å². The van der Waals surface area contributed by atoms with Gasteiger partial charge in [-0.15, -0.1) is 0 Å². The molecule has 148 valence electrons. The van der Waals surface area contributed by atoms with Crippen LogP contribution in [-0.2, 0) is 9.53 Å². The first kappa shape index (κ1) is 19.6. The molecule has 0 unspecified atom stereocenters. The molecule has 0 atom stereocenters. The van der Waals surface area contributed by atoms with Crippen molar-refractivity contribution in [2.24, 2.45) is 0 Å². The van der Waals surface area contributed by atoms with Crippen molar-refractivity contribution in [3.05, 3.63) is 54.1 Å². The number of esters is 1. The molecule has 8 heteroatoms. The SMILES string of the molecule is O=C(COC(=O)c1ccccc1OC(F)F)Nc1ccc(N2CCCC2)cc1. The Hall–Kier alpha value is -3.16. The van der Waals surface area contributed by atoms with Crippen LogP contribution in [0, 0.1) is 0 Å². The Labute approximate surface area is 161 Å². The normalized spacial score (nSPS) is 13.5. The standard InChI is InChI=1S/C20H20F2N2O4/c21-20(22)28-17-6-2-1-5-16(17)19(26)27-13-18(25)23-14-7-9-15(10-8-14)24-11-3-4-12-24/h1-2,5-10,20H,3-4,11-13H2,(H,23,25). The van der Waals surface area contributed by atoms with Gasteiger partial charge in [0.15, 0.2) is 6.61 Å². The Kier molecular flexibility index (Phi) is 6.41. The second kappa shape index (κ2) is 9.16. The predicted octanol–water partition coefficient (Wildman–Crippen LogP) is 3.68. The maximum atomic E-state index is 12.4. The smallest absolute Gasteiger partial charge is 0.387 e. The molecule has 0 saturated carbocycles. The third-order valence-electron chi connectivity index (χ3n) is 4.28. The molecule has 1 amide bonds. The molecule has 6 nitrogen and oxygen atoms in total. The molecular weight excluding hydrogens is 370 g/mol. The number of ether oxygens (including phenoxy) is 2. The molecular formula is C20H20F2N2O4. The molecule has 1 N–H and O–H groups in total. The van der Waals surface area contributed by atoms with Crippen LogP contribution in [0.25, 0.3) is 0 Å². The van der Waals surface area contributed by atoms with Crippen LogP contribution >= 0.6 is 0 Å². The van der Waals surface area contributed by atoms with Crippen molar-refractivity contribution >= 4 is 23.3 Å². The van der Waals surface area contributed by atoms with Crippen molar-refractivity contribution < 1.29 is 27.8 Å². The molecule has 1 aliphatic rings. The van der Waals surface area contributed by atoms with Crippen LogP contribution in [0.3, 0.4) is 0 Å². The summed E-state index contributed by atoms with van der Waals surface area (Å²) in [5.41, 5.74) is 1.49. The van der Waals surface area contributed by atoms with E-state index in [0.29, 0.717) is 5.69 Å². The largest absolute Gasteiger partial charge is 0.452 e. The fourth-order valence-corrected chi connectivity index (χ4v) is 2.97. The van der Waals surface area contributed by atoms with Crippen molar-refractivity contribution in [2.45, 2.75) is 19.5 Å². The highest BCUT2D eigenvalue weighted by molar-refractivity contribution is 5.96. The van der Waals surface area contributed by atoms with Crippen molar-refractivity contribution in [1.29, 1.82) is 0 Å². The summed E-state index contributed by atoms with van der Waals surface area (Å²) in [6, 6.07) is 12.8. The summed E-state index contributed by atoms with van der Waals surface area (Å²) in [7, 11) is 0. The van der Waals surface area contributed by atoms with Crippen LogP contribution < -0.4 is 15.0 Å². The minimum atomic E-state index is -3.07. The molecule has 0 radical (unpaired) electrons. The molecule has 28 heavy (non-hydrogen) atoms. The Morgan fingerprint density at radius 3 is 2.39 bits per heavy atom. The van der Waals surface area contributed by atoms with Gasteiger partial charge in [0.2, 0.25) is 0 Å². The Balaban J connectivity index is 1.52. The average Bonchev–Trinajstić information content (AvgIpc) is 3.21. The van der Waals surface area contributed by atoms with E-state index >= 15 is 0 Å². The van der Waals surface area contributed by atoms with Gasteiger partial charge in [-0.2, -0.15) is 8.78 Å². The highest BCUT2D eigenvalue weighted by atomic mass is 19.3. The number of nitrogens with one attached hydrogen (secondary N) is 1. The quantitative estimate of drug-likeness (QED) is 0.731. The number of halogens is 2. The lowest BCUT2D eigenvalue weighted by molar-refractivity contribution is -0.119. The van der Waals surface area contributed by atoms with E-state index in [-0.39, 0.29) is 11.3 Å². The van der Waals surface area contributed by atoms with Crippen molar-refractivity contribution in [3.8, 4) is 5.75 Å². The second-order valence-corrected chi connectivity index (χ2v) is 6.24. The lowest BCUT2D eigenvalue weighted by atomic mass is 10.2. The summed E-state index contributed by atoms with van der Waals surface area (Å²) < 4.78 is 34.0. The number of benzene rings is 2. The molecule has 0 bridgehead atoms. The van der Waals surface area contributed by atoms with Gasteiger partial charge in [-0.3, -0.25) is 4.79 Å². The number of nitrogens with zero attached hydrogens (tertiary/aromatic N) is 1. The van der Waals surface area contributed by atoms with E-state index in [1.807, 2.05) is 12.1 Å². The zero-order chi connectivity index (χ0) is 19.9. The summed E-state index contributed by atoms with van der Waals surface area (Å²) in [4.78, 5) is 26.3. The van der Waals surface area contributed by atoms with Gasteiger partial charge in [-0.1, -0.05) is 12.1 Å². The predicted molar refractivity (Wildman–Crippen MR) is 99.9 cm³/mol. The molecule has 1 saturated heterocycles.